The van der Waals surface area contributed by atoms with Crippen LogP contribution in [0.15, 0.2) is 29.0 Å². The maximum Gasteiger partial charge on any atom is 0.166 e. The number of aliphatic hydroxyl groups is 1. The van der Waals surface area contributed by atoms with Gasteiger partial charge in [-0.15, -0.1) is 10.2 Å². The molecular formula is C10H9BrFN3O. The number of hydrogen-bond donors (Lipinski definition) is 1. The van der Waals surface area contributed by atoms with Crippen LogP contribution in [0.2, 0.25) is 0 Å². The number of aromatic nitrogens is 3. The summed E-state index contributed by atoms with van der Waals surface area (Å²) in [6.45, 7) is 0.301. The van der Waals surface area contributed by atoms with E-state index in [1.54, 1.807) is 22.8 Å². The Balaban J connectivity index is 2.50. The molecule has 0 atom stereocenters. The summed E-state index contributed by atoms with van der Waals surface area (Å²) < 4.78 is 15.8. The molecule has 2 aromatic rings. The monoisotopic (exact) mass is 285 g/mol. The Morgan fingerprint density at radius 3 is 3.00 bits per heavy atom. The molecule has 1 aromatic heterocycles. The highest BCUT2D eigenvalue weighted by Crippen LogP contribution is 2.26. The average molecular weight is 286 g/mol. The van der Waals surface area contributed by atoms with Crippen molar-refractivity contribution >= 4 is 15.9 Å². The van der Waals surface area contributed by atoms with E-state index in [2.05, 4.69) is 26.1 Å². The maximum absolute atomic E-state index is 13.8. The first-order valence-electron chi connectivity index (χ1n) is 4.67. The van der Waals surface area contributed by atoms with Crippen LogP contribution in [0.1, 0.15) is 0 Å². The molecule has 0 aliphatic carbocycles. The lowest BCUT2D eigenvalue weighted by Crippen LogP contribution is -2.04. The SMILES string of the molecule is OCCn1cnnc1-c1cccc(Br)c1F. The van der Waals surface area contributed by atoms with Crippen LogP contribution in [0.3, 0.4) is 0 Å². The van der Waals surface area contributed by atoms with Crippen LogP contribution >= 0.6 is 15.9 Å². The molecule has 0 radical (unpaired) electrons. The second-order valence-corrected chi connectivity index (χ2v) is 4.03. The van der Waals surface area contributed by atoms with Gasteiger partial charge in [0.1, 0.15) is 12.1 Å². The molecule has 0 aliphatic heterocycles. The summed E-state index contributed by atoms with van der Waals surface area (Å²) in [7, 11) is 0. The summed E-state index contributed by atoms with van der Waals surface area (Å²) in [5, 5.41) is 16.4. The van der Waals surface area contributed by atoms with E-state index in [-0.39, 0.29) is 12.4 Å². The normalized spacial score (nSPS) is 10.7. The predicted octanol–water partition coefficient (Wildman–Crippen LogP) is 1.84. The molecule has 1 aromatic carbocycles. The van der Waals surface area contributed by atoms with Gasteiger partial charge in [-0.2, -0.15) is 0 Å². The Labute approximate surface area is 99.9 Å². The largest absolute Gasteiger partial charge is 0.395 e. The standard InChI is InChI=1S/C10H9BrFN3O/c11-8-3-1-2-7(9(8)12)10-14-13-6-15(10)4-5-16/h1-3,6,16H,4-5H2. The number of benzene rings is 1. The number of rotatable bonds is 3. The summed E-state index contributed by atoms with van der Waals surface area (Å²) in [4.78, 5) is 0. The molecule has 84 valence electrons. The van der Waals surface area contributed by atoms with E-state index in [1.807, 2.05) is 0 Å². The van der Waals surface area contributed by atoms with Crippen LogP contribution in [0.5, 0.6) is 0 Å². The van der Waals surface area contributed by atoms with Gasteiger partial charge in [0, 0.05) is 6.54 Å². The lowest BCUT2D eigenvalue weighted by atomic mass is 10.2. The van der Waals surface area contributed by atoms with Crippen molar-refractivity contribution in [2.75, 3.05) is 6.61 Å². The second kappa shape index (κ2) is 4.71. The minimum absolute atomic E-state index is 0.0410. The molecule has 0 aliphatic rings. The Hall–Kier alpha value is -1.27. The third kappa shape index (κ3) is 1.98. The van der Waals surface area contributed by atoms with E-state index < -0.39 is 0 Å². The van der Waals surface area contributed by atoms with Gasteiger partial charge in [0.15, 0.2) is 5.82 Å². The molecule has 16 heavy (non-hydrogen) atoms. The van der Waals surface area contributed by atoms with Crippen molar-refractivity contribution in [3.63, 3.8) is 0 Å². The van der Waals surface area contributed by atoms with Crippen LogP contribution in [-0.4, -0.2) is 26.5 Å². The van der Waals surface area contributed by atoms with Gasteiger partial charge in [0.05, 0.1) is 16.6 Å². The highest BCUT2D eigenvalue weighted by Gasteiger charge is 2.13. The van der Waals surface area contributed by atoms with Crippen LogP contribution < -0.4 is 0 Å². The van der Waals surface area contributed by atoms with Crippen molar-refractivity contribution in [2.45, 2.75) is 6.54 Å². The molecule has 6 heteroatoms. The fourth-order valence-corrected chi connectivity index (χ4v) is 1.78. The van der Waals surface area contributed by atoms with E-state index in [1.165, 1.54) is 6.33 Å². The summed E-state index contributed by atoms with van der Waals surface area (Å²) in [5.74, 6) is 0.0301. The van der Waals surface area contributed by atoms with Crippen molar-refractivity contribution in [3.05, 3.63) is 34.8 Å². The van der Waals surface area contributed by atoms with Crippen LogP contribution in [-0.2, 0) is 6.54 Å². The average Bonchev–Trinajstić information content (AvgIpc) is 2.71. The van der Waals surface area contributed by atoms with E-state index in [0.29, 0.717) is 22.4 Å². The number of nitrogens with zero attached hydrogens (tertiary/aromatic N) is 3. The van der Waals surface area contributed by atoms with Crippen molar-refractivity contribution in [3.8, 4) is 11.4 Å². The van der Waals surface area contributed by atoms with Crippen molar-refractivity contribution in [2.24, 2.45) is 0 Å². The second-order valence-electron chi connectivity index (χ2n) is 3.17. The van der Waals surface area contributed by atoms with Gasteiger partial charge < -0.3 is 9.67 Å². The predicted molar refractivity (Wildman–Crippen MR) is 60.2 cm³/mol. The Bertz CT molecular complexity index is 501. The Morgan fingerprint density at radius 2 is 2.25 bits per heavy atom. The van der Waals surface area contributed by atoms with Crippen molar-refractivity contribution in [1.29, 1.82) is 0 Å². The summed E-state index contributed by atoms with van der Waals surface area (Å²) in [6, 6.07) is 4.96. The fraction of sp³-hybridized carbons (Fsp3) is 0.200. The minimum atomic E-state index is -0.380. The minimum Gasteiger partial charge on any atom is -0.395 e. The van der Waals surface area contributed by atoms with Crippen LogP contribution in [0.25, 0.3) is 11.4 Å². The van der Waals surface area contributed by atoms with Gasteiger partial charge in [-0.05, 0) is 28.1 Å². The number of aliphatic hydroxyl groups excluding tert-OH is 1. The highest BCUT2D eigenvalue weighted by molar-refractivity contribution is 9.10. The molecular weight excluding hydrogens is 277 g/mol. The number of hydrogen-bond acceptors (Lipinski definition) is 3. The van der Waals surface area contributed by atoms with Crippen LogP contribution in [0.4, 0.5) is 4.39 Å². The molecule has 0 bridgehead atoms. The lowest BCUT2D eigenvalue weighted by molar-refractivity contribution is 0.276. The topological polar surface area (TPSA) is 50.9 Å². The Morgan fingerprint density at radius 1 is 1.44 bits per heavy atom. The van der Waals surface area contributed by atoms with E-state index in [9.17, 15) is 4.39 Å². The van der Waals surface area contributed by atoms with E-state index in [0.717, 1.165) is 0 Å². The van der Waals surface area contributed by atoms with E-state index in [4.69, 9.17) is 5.11 Å². The summed E-state index contributed by atoms with van der Waals surface area (Å²) >= 11 is 3.11. The van der Waals surface area contributed by atoms with Gasteiger partial charge in [-0.3, -0.25) is 0 Å². The third-order valence-corrected chi connectivity index (χ3v) is 2.76. The first kappa shape index (κ1) is 11.2. The third-order valence-electron chi connectivity index (χ3n) is 2.15. The highest BCUT2D eigenvalue weighted by atomic mass is 79.9. The molecule has 0 spiro atoms. The van der Waals surface area contributed by atoms with Crippen molar-refractivity contribution < 1.29 is 9.50 Å². The van der Waals surface area contributed by atoms with E-state index >= 15 is 0 Å². The van der Waals surface area contributed by atoms with Crippen molar-refractivity contribution in [1.82, 2.24) is 14.8 Å². The van der Waals surface area contributed by atoms with Gasteiger partial charge in [-0.25, -0.2) is 4.39 Å². The van der Waals surface area contributed by atoms with Gasteiger partial charge >= 0.3 is 0 Å². The molecule has 0 fully saturated rings. The zero-order valence-electron chi connectivity index (χ0n) is 8.27. The molecule has 0 unspecified atom stereocenters. The molecule has 1 N–H and O–H groups in total. The molecule has 0 saturated carbocycles. The summed E-state index contributed by atoms with van der Waals surface area (Å²) in [6.07, 6.45) is 1.46. The lowest BCUT2D eigenvalue weighted by Gasteiger charge is -2.06. The summed E-state index contributed by atoms with van der Waals surface area (Å²) in [5.41, 5.74) is 0.361. The first-order valence-corrected chi connectivity index (χ1v) is 5.46. The quantitative estimate of drug-likeness (QED) is 0.936. The fourth-order valence-electron chi connectivity index (χ4n) is 1.41. The number of halogens is 2. The molecule has 0 amide bonds. The zero-order chi connectivity index (χ0) is 11.5. The maximum atomic E-state index is 13.8. The first-order chi connectivity index (χ1) is 7.74. The Kier molecular flexibility index (Phi) is 3.31. The smallest absolute Gasteiger partial charge is 0.166 e. The van der Waals surface area contributed by atoms with Gasteiger partial charge in [0.25, 0.3) is 0 Å². The molecule has 1 heterocycles. The molecule has 2 rings (SSSR count). The van der Waals surface area contributed by atoms with Gasteiger partial charge in [0.2, 0.25) is 0 Å². The van der Waals surface area contributed by atoms with Crippen LogP contribution in [0, 0.1) is 5.82 Å². The molecule has 0 saturated heterocycles. The zero-order valence-corrected chi connectivity index (χ0v) is 9.85. The molecule has 4 nitrogen and oxygen atoms in total. The van der Waals surface area contributed by atoms with Gasteiger partial charge in [-0.1, -0.05) is 6.07 Å².